The molecule has 0 saturated carbocycles. The molecule has 0 spiro atoms. The lowest BCUT2D eigenvalue weighted by atomic mass is 10.0. The van der Waals surface area contributed by atoms with Crippen LogP contribution in [0.15, 0.2) is 70.9 Å². The third-order valence-electron chi connectivity index (χ3n) is 6.94. The van der Waals surface area contributed by atoms with Gasteiger partial charge < -0.3 is 15.0 Å². The molecule has 2 aromatic carbocycles. The van der Waals surface area contributed by atoms with Crippen LogP contribution in [-0.4, -0.2) is 54.9 Å². The zero-order chi connectivity index (χ0) is 26.5. The van der Waals surface area contributed by atoms with Crippen molar-refractivity contribution in [2.24, 2.45) is 0 Å². The average molecular weight is 519 g/mol. The second kappa shape index (κ2) is 11.4. The molecule has 1 aliphatic heterocycles. The summed E-state index contributed by atoms with van der Waals surface area (Å²) in [6.45, 7) is 2.22. The number of rotatable bonds is 7. The lowest BCUT2D eigenvalue weighted by Gasteiger charge is -2.34. The summed E-state index contributed by atoms with van der Waals surface area (Å²) in [5.74, 6) is 0.526. The van der Waals surface area contributed by atoms with Crippen LogP contribution in [0.1, 0.15) is 32.1 Å². The van der Waals surface area contributed by atoms with E-state index in [0.717, 1.165) is 41.8 Å². The Kier molecular flexibility index (Phi) is 7.57. The number of allylic oxidation sites excluding steroid dienone is 4. The first-order valence-electron chi connectivity index (χ1n) is 12.9. The molecule has 0 atom stereocenters. The SMILES string of the molecule is COc1ccc2c(c1)[n+](=O)on2C(=O)N1CCN(c2ccc(NC(=O)CCCC3=CCCC=C3)cc2)CC1. The molecule has 0 bridgehead atoms. The van der Waals surface area contributed by atoms with E-state index in [1.54, 1.807) is 17.0 Å². The quantitative estimate of drug-likeness (QED) is 0.499. The Morgan fingerprint density at radius 2 is 1.84 bits per heavy atom. The van der Waals surface area contributed by atoms with E-state index in [0.29, 0.717) is 48.5 Å². The van der Waals surface area contributed by atoms with Crippen LogP contribution in [0.5, 0.6) is 5.75 Å². The lowest BCUT2D eigenvalue weighted by Crippen LogP contribution is -2.50. The molecule has 2 amide bonds. The first kappa shape index (κ1) is 25.3. The number of hydrogen-bond acceptors (Lipinski definition) is 6. The number of nitrogens with one attached hydrogen (secondary N) is 1. The van der Waals surface area contributed by atoms with Gasteiger partial charge in [-0.05, 0) is 67.0 Å². The molecule has 1 saturated heterocycles. The van der Waals surface area contributed by atoms with Crippen LogP contribution in [-0.2, 0) is 4.79 Å². The summed E-state index contributed by atoms with van der Waals surface area (Å²) in [6.07, 6.45) is 11.0. The number of anilines is 2. The summed E-state index contributed by atoms with van der Waals surface area (Å²) >= 11 is 0. The fourth-order valence-corrected chi connectivity index (χ4v) is 4.82. The van der Waals surface area contributed by atoms with E-state index in [1.807, 2.05) is 24.3 Å². The number of aromatic nitrogens is 2. The number of fused-ring (bicyclic) bond motifs is 1. The molecule has 3 aromatic rings. The van der Waals surface area contributed by atoms with Crippen molar-refractivity contribution in [2.45, 2.75) is 32.1 Å². The monoisotopic (exact) mass is 518 g/mol. The minimum absolute atomic E-state index is 0.0195. The van der Waals surface area contributed by atoms with E-state index in [2.05, 4.69) is 28.4 Å². The van der Waals surface area contributed by atoms with Crippen molar-refractivity contribution in [3.63, 3.8) is 0 Å². The van der Waals surface area contributed by atoms with Crippen molar-refractivity contribution in [2.75, 3.05) is 43.5 Å². The largest absolute Gasteiger partial charge is 0.497 e. The van der Waals surface area contributed by atoms with E-state index in [9.17, 15) is 14.5 Å². The molecule has 198 valence electrons. The van der Waals surface area contributed by atoms with Gasteiger partial charge in [-0.25, -0.2) is 4.79 Å². The lowest BCUT2D eigenvalue weighted by molar-refractivity contribution is -0.696. The van der Waals surface area contributed by atoms with Crippen LogP contribution in [0.25, 0.3) is 11.0 Å². The van der Waals surface area contributed by atoms with Crippen LogP contribution in [0.4, 0.5) is 16.2 Å². The number of hydrogen-bond donors (Lipinski definition) is 1. The summed E-state index contributed by atoms with van der Waals surface area (Å²) < 4.78 is 11.7. The van der Waals surface area contributed by atoms with Crippen LogP contribution >= 0.6 is 0 Å². The number of nitrogens with zero attached hydrogens (tertiary/aromatic N) is 4. The first-order chi connectivity index (χ1) is 18.5. The van der Waals surface area contributed by atoms with Gasteiger partial charge in [-0.1, -0.05) is 28.4 Å². The highest BCUT2D eigenvalue weighted by atomic mass is 16.7. The highest BCUT2D eigenvalue weighted by molar-refractivity contribution is 5.91. The molecule has 5 rings (SSSR count). The maximum Gasteiger partial charge on any atom is 0.452 e. The molecular weight excluding hydrogens is 486 g/mol. The average Bonchev–Trinajstić information content (AvgIpc) is 3.29. The predicted molar refractivity (Wildman–Crippen MR) is 144 cm³/mol. The molecule has 1 aliphatic carbocycles. The van der Waals surface area contributed by atoms with Gasteiger partial charge >= 0.3 is 6.03 Å². The van der Waals surface area contributed by atoms with E-state index in [4.69, 9.17) is 9.37 Å². The zero-order valence-corrected chi connectivity index (χ0v) is 21.5. The second-order valence-electron chi connectivity index (χ2n) is 9.45. The van der Waals surface area contributed by atoms with Crippen LogP contribution in [0.2, 0.25) is 0 Å². The summed E-state index contributed by atoms with van der Waals surface area (Å²) in [4.78, 5) is 41.4. The van der Waals surface area contributed by atoms with Gasteiger partial charge in [0.25, 0.3) is 5.52 Å². The number of ether oxygens (including phenoxy) is 1. The maximum absolute atomic E-state index is 13.1. The number of piperazine rings is 1. The van der Waals surface area contributed by atoms with Crippen LogP contribution in [0, 0.1) is 4.91 Å². The minimum Gasteiger partial charge on any atom is -0.497 e. The highest BCUT2D eigenvalue weighted by Gasteiger charge is 2.31. The van der Waals surface area contributed by atoms with Gasteiger partial charge in [-0.3, -0.25) is 9.69 Å². The first-order valence-corrected chi connectivity index (χ1v) is 12.9. The molecule has 1 fully saturated rings. The molecule has 10 nitrogen and oxygen atoms in total. The summed E-state index contributed by atoms with van der Waals surface area (Å²) in [6, 6.07) is 12.2. The van der Waals surface area contributed by atoms with Crippen molar-refractivity contribution >= 4 is 34.3 Å². The van der Waals surface area contributed by atoms with Gasteiger partial charge in [0.1, 0.15) is 5.75 Å². The fraction of sp³-hybridized carbons (Fsp3) is 0.357. The molecule has 38 heavy (non-hydrogen) atoms. The van der Waals surface area contributed by atoms with Crippen molar-refractivity contribution in [3.8, 4) is 5.75 Å². The highest BCUT2D eigenvalue weighted by Crippen LogP contribution is 2.22. The van der Waals surface area contributed by atoms with E-state index in [1.165, 1.54) is 18.7 Å². The summed E-state index contributed by atoms with van der Waals surface area (Å²) in [7, 11) is 1.51. The standard InChI is InChI=1S/C28H31N5O5/c1-37-24-14-15-25-26(20-24)33(36)38-32(25)28(35)31-18-16-30(17-19-31)23-12-10-22(11-13-23)29-27(34)9-5-8-21-6-3-2-4-7-21/h3,6-7,10-15,20H,2,4-5,8-9,16-19H2,1H3/p+1. The topological polar surface area (TPSA) is 103 Å². The number of carbonyl (C=O) groups excluding carboxylic acids is 2. The summed E-state index contributed by atoms with van der Waals surface area (Å²) in [5, 5.41) is 2.98. The Morgan fingerprint density at radius 3 is 2.55 bits per heavy atom. The molecule has 2 heterocycles. The molecule has 1 aromatic heterocycles. The normalized spacial score (nSPS) is 15.4. The second-order valence-corrected chi connectivity index (χ2v) is 9.45. The molecule has 0 unspecified atom stereocenters. The minimum atomic E-state index is -0.386. The molecule has 2 aliphatic rings. The molecule has 10 heteroatoms. The number of benzene rings is 2. The Hall–Kier alpha value is -4.34. The van der Waals surface area contributed by atoms with Crippen LogP contribution < -0.4 is 19.6 Å². The van der Waals surface area contributed by atoms with Gasteiger partial charge in [-0.15, -0.1) is 0 Å². The Balaban J connectivity index is 1.12. The van der Waals surface area contributed by atoms with E-state index >= 15 is 0 Å². The predicted octanol–water partition coefficient (Wildman–Crippen LogP) is 4.33. The third kappa shape index (κ3) is 5.64. The van der Waals surface area contributed by atoms with E-state index < -0.39 is 0 Å². The van der Waals surface area contributed by atoms with Crippen LogP contribution in [0.3, 0.4) is 0 Å². The Bertz CT molecular complexity index is 1430. The Labute approximate surface area is 220 Å². The van der Waals surface area contributed by atoms with Gasteiger partial charge in [-0.2, -0.15) is 0 Å². The zero-order valence-electron chi connectivity index (χ0n) is 21.5. The van der Waals surface area contributed by atoms with Crippen molar-refractivity contribution < 1.29 is 23.6 Å². The molecule has 0 radical (unpaired) electrons. The fourth-order valence-electron chi connectivity index (χ4n) is 4.82. The van der Waals surface area contributed by atoms with Gasteiger partial charge in [0.2, 0.25) is 11.4 Å². The molecule has 1 N–H and O–H groups in total. The van der Waals surface area contributed by atoms with Gasteiger partial charge in [0.05, 0.1) is 7.11 Å². The third-order valence-corrected chi connectivity index (χ3v) is 6.94. The van der Waals surface area contributed by atoms with Crippen molar-refractivity contribution in [1.82, 2.24) is 9.64 Å². The summed E-state index contributed by atoms with van der Waals surface area (Å²) in [5.41, 5.74) is 3.72. The number of amides is 2. The van der Waals surface area contributed by atoms with Crippen molar-refractivity contribution in [3.05, 3.63) is 71.2 Å². The number of methoxy groups -OCH3 is 1. The van der Waals surface area contributed by atoms with E-state index in [-0.39, 0.29) is 17.5 Å². The van der Waals surface area contributed by atoms with Gasteiger partial charge in [0, 0.05) is 54.8 Å². The van der Waals surface area contributed by atoms with Gasteiger partial charge in [0.15, 0.2) is 4.60 Å². The maximum atomic E-state index is 13.1. The van der Waals surface area contributed by atoms with Crippen molar-refractivity contribution in [1.29, 1.82) is 0 Å². The smallest absolute Gasteiger partial charge is 0.452 e. The molecular formula is C28H32N5O5+. The Morgan fingerprint density at radius 1 is 1.05 bits per heavy atom. The number of carbonyl (C=O) groups is 2.